The van der Waals surface area contributed by atoms with Crippen molar-refractivity contribution in [2.75, 3.05) is 0 Å². The molecule has 0 amide bonds. The summed E-state index contributed by atoms with van der Waals surface area (Å²) >= 11 is 0. The summed E-state index contributed by atoms with van der Waals surface area (Å²) in [6.07, 6.45) is 7.19. The summed E-state index contributed by atoms with van der Waals surface area (Å²) in [5.41, 5.74) is 2.33. The Bertz CT molecular complexity index is 555. The lowest BCUT2D eigenvalue weighted by molar-refractivity contribution is 0.248. The van der Waals surface area contributed by atoms with Crippen molar-refractivity contribution in [1.29, 1.82) is 0 Å². The van der Waals surface area contributed by atoms with Crippen molar-refractivity contribution in [3.05, 3.63) is 71.8 Å². The quantitative estimate of drug-likeness (QED) is 0.538. The Hall–Kier alpha value is -1.60. The lowest BCUT2D eigenvalue weighted by Gasteiger charge is -2.21. The molecule has 23 heavy (non-hydrogen) atoms. The number of unbranched alkanes of at least 4 members (excludes halogenated alkanes) is 2. The molecule has 0 radical (unpaired) electrons. The number of hydrogen-bond donors (Lipinski definition) is 0. The zero-order valence-electron chi connectivity index (χ0n) is 14.4. The summed E-state index contributed by atoms with van der Waals surface area (Å²) in [5.74, 6) is 0. The van der Waals surface area contributed by atoms with Gasteiger partial charge in [0.05, 0.1) is 0 Å². The third kappa shape index (κ3) is 2.83. The summed E-state index contributed by atoms with van der Waals surface area (Å²) in [6.45, 7) is 4.53. The standard InChI is InChI=1S/C22H28O/c1-3-5-17-21(18-6-4-2)22(23-21,19-13-9-7-10-14-19)20-15-11-8-12-16-20/h7-16H,3-6,17-18H2,1-2H3. The second-order valence-corrected chi connectivity index (χ2v) is 6.72. The Balaban J connectivity index is 2.03. The monoisotopic (exact) mass is 308 g/mol. The first-order valence-electron chi connectivity index (χ1n) is 9.10. The van der Waals surface area contributed by atoms with E-state index in [-0.39, 0.29) is 11.2 Å². The topological polar surface area (TPSA) is 12.5 Å². The fourth-order valence-corrected chi connectivity index (χ4v) is 3.93. The van der Waals surface area contributed by atoms with Crippen LogP contribution in [0.3, 0.4) is 0 Å². The van der Waals surface area contributed by atoms with Crippen LogP contribution in [0, 0.1) is 0 Å². The molecule has 1 aliphatic rings. The van der Waals surface area contributed by atoms with E-state index in [1.54, 1.807) is 0 Å². The zero-order valence-corrected chi connectivity index (χ0v) is 14.4. The minimum Gasteiger partial charge on any atom is -0.352 e. The maximum absolute atomic E-state index is 6.67. The van der Waals surface area contributed by atoms with Gasteiger partial charge in [0, 0.05) is 0 Å². The van der Waals surface area contributed by atoms with Gasteiger partial charge in [-0.3, -0.25) is 0 Å². The van der Waals surface area contributed by atoms with E-state index in [4.69, 9.17) is 4.74 Å². The first-order chi connectivity index (χ1) is 11.3. The molecule has 1 fully saturated rings. The molecule has 3 rings (SSSR count). The normalized spacial score (nSPS) is 17.8. The maximum Gasteiger partial charge on any atom is 0.148 e. The number of hydrogen-bond acceptors (Lipinski definition) is 1. The van der Waals surface area contributed by atoms with Crippen molar-refractivity contribution in [2.24, 2.45) is 0 Å². The number of ether oxygens (including phenoxy) is 1. The third-order valence-electron chi connectivity index (χ3n) is 5.18. The molecule has 1 heterocycles. The van der Waals surface area contributed by atoms with E-state index < -0.39 is 0 Å². The lowest BCUT2D eigenvalue weighted by atomic mass is 9.76. The van der Waals surface area contributed by atoms with Crippen LogP contribution in [0.15, 0.2) is 60.7 Å². The maximum atomic E-state index is 6.67. The molecule has 2 aromatic carbocycles. The fraction of sp³-hybridized carbons (Fsp3) is 0.455. The van der Waals surface area contributed by atoms with Gasteiger partial charge in [0.2, 0.25) is 0 Å². The van der Waals surface area contributed by atoms with Crippen LogP contribution in [0.25, 0.3) is 0 Å². The Morgan fingerprint density at radius 2 is 1.13 bits per heavy atom. The van der Waals surface area contributed by atoms with Gasteiger partial charge in [0.1, 0.15) is 11.2 Å². The highest BCUT2D eigenvalue weighted by atomic mass is 16.6. The molecule has 0 spiro atoms. The van der Waals surface area contributed by atoms with Gasteiger partial charge in [-0.25, -0.2) is 0 Å². The van der Waals surface area contributed by atoms with Crippen molar-refractivity contribution >= 4 is 0 Å². The average Bonchev–Trinajstić information content (AvgIpc) is 3.30. The predicted molar refractivity (Wildman–Crippen MR) is 96.5 cm³/mol. The van der Waals surface area contributed by atoms with Gasteiger partial charge in [-0.15, -0.1) is 0 Å². The van der Waals surface area contributed by atoms with E-state index in [9.17, 15) is 0 Å². The molecule has 0 aliphatic carbocycles. The van der Waals surface area contributed by atoms with Crippen LogP contribution >= 0.6 is 0 Å². The minimum atomic E-state index is -0.250. The van der Waals surface area contributed by atoms with E-state index in [0.717, 1.165) is 12.8 Å². The van der Waals surface area contributed by atoms with E-state index in [1.165, 1.54) is 36.8 Å². The van der Waals surface area contributed by atoms with Gasteiger partial charge in [-0.1, -0.05) is 100 Å². The van der Waals surface area contributed by atoms with Crippen LogP contribution < -0.4 is 0 Å². The Morgan fingerprint density at radius 1 is 0.696 bits per heavy atom. The van der Waals surface area contributed by atoms with Crippen LogP contribution in [-0.4, -0.2) is 5.60 Å². The molecule has 1 aliphatic heterocycles. The van der Waals surface area contributed by atoms with Gasteiger partial charge in [0.15, 0.2) is 0 Å². The minimum absolute atomic E-state index is 0.0261. The highest BCUT2D eigenvalue weighted by molar-refractivity contribution is 5.46. The number of epoxide rings is 1. The molecule has 122 valence electrons. The van der Waals surface area contributed by atoms with Crippen LogP contribution in [0.2, 0.25) is 0 Å². The van der Waals surface area contributed by atoms with E-state index in [0.29, 0.717) is 0 Å². The van der Waals surface area contributed by atoms with Crippen LogP contribution in [0.4, 0.5) is 0 Å². The Kier molecular flexibility index (Phi) is 4.87. The highest BCUT2D eigenvalue weighted by Gasteiger charge is 2.70. The molecule has 1 saturated heterocycles. The summed E-state index contributed by atoms with van der Waals surface area (Å²) < 4.78 is 6.67. The van der Waals surface area contributed by atoms with E-state index in [1.807, 2.05) is 0 Å². The first kappa shape index (κ1) is 16.3. The summed E-state index contributed by atoms with van der Waals surface area (Å²) in [4.78, 5) is 0. The molecule has 0 bridgehead atoms. The number of benzene rings is 2. The largest absolute Gasteiger partial charge is 0.352 e. The number of rotatable bonds is 8. The van der Waals surface area contributed by atoms with Crippen molar-refractivity contribution < 1.29 is 4.74 Å². The molecule has 0 unspecified atom stereocenters. The molecule has 0 atom stereocenters. The van der Waals surface area contributed by atoms with Crippen LogP contribution in [0.1, 0.15) is 63.5 Å². The van der Waals surface area contributed by atoms with Gasteiger partial charge in [-0.2, -0.15) is 0 Å². The predicted octanol–water partition coefficient (Wildman–Crippen LogP) is 6.08. The highest BCUT2D eigenvalue weighted by Crippen LogP contribution is 2.64. The molecule has 0 aromatic heterocycles. The van der Waals surface area contributed by atoms with Crippen LogP contribution in [0.5, 0.6) is 0 Å². The molecular formula is C22H28O. The molecule has 0 saturated carbocycles. The van der Waals surface area contributed by atoms with E-state index in [2.05, 4.69) is 74.5 Å². The fourth-order valence-electron chi connectivity index (χ4n) is 3.93. The van der Waals surface area contributed by atoms with Gasteiger partial charge in [-0.05, 0) is 24.0 Å². The van der Waals surface area contributed by atoms with Crippen molar-refractivity contribution in [3.63, 3.8) is 0 Å². The summed E-state index contributed by atoms with van der Waals surface area (Å²) in [7, 11) is 0. The van der Waals surface area contributed by atoms with Gasteiger partial charge < -0.3 is 4.74 Å². The summed E-state index contributed by atoms with van der Waals surface area (Å²) in [5, 5.41) is 0. The smallest absolute Gasteiger partial charge is 0.148 e. The molecule has 1 nitrogen and oxygen atoms in total. The third-order valence-corrected chi connectivity index (χ3v) is 5.18. The van der Waals surface area contributed by atoms with Gasteiger partial charge in [0.25, 0.3) is 0 Å². The molecular weight excluding hydrogens is 280 g/mol. The molecule has 2 aromatic rings. The SMILES string of the molecule is CCCCC1(CCCC)OC1(c1ccccc1)c1ccccc1. The second-order valence-electron chi connectivity index (χ2n) is 6.72. The van der Waals surface area contributed by atoms with Gasteiger partial charge >= 0.3 is 0 Å². The summed E-state index contributed by atoms with van der Waals surface area (Å²) in [6, 6.07) is 21.6. The Labute approximate surface area is 140 Å². The van der Waals surface area contributed by atoms with E-state index >= 15 is 0 Å². The molecule has 1 heteroatoms. The Morgan fingerprint density at radius 3 is 1.52 bits per heavy atom. The van der Waals surface area contributed by atoms with Crippen molar-refractivity contribution in [2.45, 2.75) is 63.6 Å². The van der Waals surface area contributed by atoms with Crippen LogP contribution in [-0.2, 0) is 10.3 Å². The molecule has 0 N–H and O–H groups in total. The lowest BCUT2D eigenvalue weighted by Crippen LogP contribution is -2.26. The zero-order chi connectivity index (χ0) is 16.2. The second kappa shape index (κ2) is 6.88. The first-order valence-corrected chi connectivity index (χ1v) is 9.10. The van der Waals surface area contributed by atoms with Crippen molar-refractivity contribution in [1.82, 2.24) is 0 Å². The average molecular weight is 308 g/mol. The van der Waals surface area contributed by atoms with Crippen molar-refractivity contribution in [3.8, 4) is 0 Å².